The summed E-state index contributed by atoms with van der Waals surface area (Å²) in [5.41, 5.74) is 0.817. The molecule has 0 saturated carbocycles. The molecule has 0 bridgehead atoms. The van der Waals surface area contributed by atoms with Crippen LogP contribution in [0.5, 0.6) is 0 Å². The first-order valence-electron chi connectivity index (χ1n) is 8.20. The molecule has 9 heteroatoms. The molecule has 142 valence electrons. The van der Waals surface area contributed by atoms with Crippen molar-refractivity contribution >= 4 is 45.4 Å². The van der Waals surface area contributed by atoms with Gasteiger partial charge in [0.05, 0.1) is 0 Å². The molecule has 0 aliphatic carbocycles. The van der Waals surface area contributed by atoms with Crippen LogP contribution < -0.4 is 15.4 Å². The number of rotatable bonds is 7. The molecule has 1 saturated heterocycles. The van der Waals surface area contributed by atoms with Crippen molar-refractivity contribution in [1.29, 1.82) is 0 Å². The third-order valence-corrected chi connectivity index (χ3v) is 6.92. The lowest BCUT2D eigenvalue weighted by atomic mass is 10.1. The molecule has 1 aliphatic heterocycles. The van der Waals surface area contributed by atoms with Crippen molar-refractivity contribution in [2.24, 2.45) is 5.92 Å². The summed E-state index contributed by atoms with van der Waals surface area (Å²) in [5.74, 6) is 0.423. The topological polar surface area (TPSA) is 87.3 Å². The summed E-state index contributed by atoms with van der Waals surface area (Å²) in [5, 5.41) is 7.91. The average molecular weight is 416 g/mol. The van der Waals surface area contributed by atoms with Crippen LogP contribution in [0.25, 0.3) is 0 Å². The van der Waals surface area contributed by atoms with Gasteiger partial charge in [0.1, 0.15) is 4.21 Å². The second-order valence-electron chi connectivity index (χ2n) is 6.02. The van der Waals surface area contributed by atoms with Crippen LogP contribution in [-0.2, 0) is 10.0 Å². The summed E-state index contributed by atoms with van der Waals surface area (Å²) in [6.07, 6.45) is 2.10. The summed E-state index contributed by atoms with van der Waals surface area (Å²) < 4.78 is 27.3. The molecule has 26 heavy (non-hydrogen) atoms. The first-order chi connectivity index (χ1) is 12.0. The Kier molecular flexibility index (Phi) is 7.45. The van der Waals surface area contributed by atoms with E-state index >= 15 is 0 Å². The Morgan fingerprint density at radius 3 is 2.81 bits per heavy atom. The minimum atomic E-state index is -3.61. The van der Waals surface area contributed by atoms with E-state index in [0.29, 0.717) is 23.7 Å². The lowest BCUT2D eigenvalue weighted by Gasteiger charge is -2.11. The maximum Gasteiger partial charge on any atom is 0.271 e. The minimum absolute atomic E-state index is 0. The van der Waals surface area contributed by atoms with E-state index in [-0.39, 0.29) is 22.5 Å². The molecule has 3 rings (SSSR count). The van der Waals surface area contributed by atoms with Gasteiger partial charge in [-0.3, -0.25) is 9.52 Å². The molecule has 1 unspecified atom stereocenters. The first kappa shape index (κ1) is 20.7. The maximum absolute atomic E-state index is 12.3. The van der Waals surface area contributed by atoms with Crippen LogP contribution >= 0.6 is 23.7 Å². The number of sulfonamides is 1. The number of amides is 1. The molecule has 1 aromatic carbocycles. The number of anilines is 1. The summed E-state index contributed by atoms with van der Waals surface area (Å²) >= 11 is 1.15. The summed E-state index contributed by atoms with van der Waals surface area (Å²) in [6.45, 7) is 2.68. The molecule has 0 radical (unpaired) electrons. The van der Waals surface area contributed by atoms with Crippen molar-refractivity contribution in [3.8, 4) is 0 Å². The van der Waals surface area contributed by atoms with E-state index in [4.69, 9.17) is 0 Å². The summed E-state index contributed by atoms with van der Waals surface area (Å²) in [4.78, 5) is 12.3. The fourth-order valence-electron chi connectivity index (χ4n) is 2.80. The number of carbonyl (C=O) groups excluding carboxylic acids is 1. The van der Waals surface area contributed by atoms with Gasteiger partial charge in [-0.1, -0.05) is 12.1 Å². The number of nitrogens with one attached hydrogen (secondary N) is 3. The van der Waals surface area contributed by atoms with Crippen LogP contribution in [0.2, 0.25) is 0 Å². The molecule has 1 aliphatic rings. The second kappa shape index (κ2) is 9.36. The molecule has 1 atom stereocenters. The van der Waals surface area contributed by atoms with Gasteiger partial charge in [0, 0.05) is 17.8 Å². The van der Waals surface area contributed by atoms with Crippen LogP contribution in [0.4, 0.5) is 5.69 Å². The van der Waals surface area contributed by atoms with Crippen molar-refractivity contribution in [2.45, 2.75) is 17.1 Å². The highest BCUT2D eigenvalue weighted by atomic mass is 35.5. The highest BCUT2D eigenvalue weighted by molar-refractivity contribution is 7.94. The van der Waals surface area contributed by atoms with Crippen molar-refractivity contribution in [1.82, 2.24) is 10.6 Å². The van der Waals surface area contributed by atoms with Gasteiger partial charge in [-0.25, -0.2) is 8.42 Å². The minimum Gasteiger partial charge on any atom is -0.352 e. The van der Waals surface area contributed by atoms with Gasteiger partial charge < -0.3 is 10.6 Å². The number of halogens is 1. The second-order valence-corrected chi connectivity index (χ2v) is 8.88. The lowest BCUT2D eigenvalue weighted by molar-refractivity contribution is 0.0951. The van der Waals surface area contributed by atoms with E-state index in [9.17, 15) is 13.2 Å². The summed E-state index contributed by atoms with van der Waals surface area (Å²) in [7, 11) is -3.61. The number of thiophene rings is 1. The van der Waals surface area contributed by atoms with Crippen LogP contribution in [0.1, 0.15) is 23.2 Å². The van der Waals surface area contributed by atoms with Crippen molar-refractivity contribution in [3.63, 3.8) is 0 Å². The predicted octanol–water partition coefficient (Wildman–Crippen LogP) is 2.70. The molecule has 6 nitrogen and oxygen atoms in total. The molecule has 1 fully saturated rings. The standard InChI is InChI=1S/C17H21N3O3S2.ClH/c21-17(19-9-7-13-6-8-18-12-13)14-3-1-4-15(11-14)20-25(22,23)16-5-2-10-24-16;/h1-5,10-11,13,18,20H,6-9,12H2,(H,19,21);1H. The van der Waals surface area contributed by atoms with Crippen LogP contribution in [0.3, 0.4) is 0 Å². The van der Waals surface area contributed by atoms with E-state index in [1.54, 1.807) is 41.8 Å². The quantitative estimate of drug-likeness (QED) is 0.648. The van der Waals surface area contributed by atoms with Crippen LogP contribution in [0.15, 0.2) is 46.0 Å². The Balaban J connectivity index is 0.00000243. The van der Waals surface area contributed by atoms with Gasteiger partial charge in [0.15, 0.2) is 0 Å². The molecular weight excluding hydrogens is 394 g/mol. The third-order valence-electron chi connectivity index (χ3n) is 4.14. The fraction of sp³-hybridized carbons (Fsp3) is 0.353. The maximum atomic E-state index is 12.3. The molecule has 2 aromatic rings. The molecule has 2 heterocycles. The zero-order valence-corrected chi connectivity index (χ0v) is 16.6. The van der Waals surface area contributed by atoms with E-state index in [0.717, 1.165) is 37.3 Å². The zero-order chi connectivity index (χ0) is 17.7. The van der Waals surface area contributed by atoms with Crippen LogP contribution in [-0.4, -0.2) is 34.0 Å². The van der Waals surface area contributed by atoms with Gasteiger partial charge in [-0.2, -0.15) is 0 Å². The van der Waals surface area contributed by atoms with Gasteiger partial charge >= 0.3 is 0 Å². The van der Waals surface area contributed by atoms with E-state index in [2.05, 4.69) is 15.4 Å². The molecule has 1 amide bonds. The van der Waals surface area contributed by atoms with Crippen molar-refractivity contribution < 1.29 is 13.2 Å². The Labute approximate surface area is 163 Å². The smallest absolute Gasteiger partial charge is 0.271 e. The van der Waals surface area contributed by atoms with E-state index < -0.39 is 10.0 Å². The SMILES string of the molecule is Cl.O=C(NCCC1CCNC1)c1cccc(NS(=O)(=O)c2cccs2)c1. The summed E-state index contributed by atoms with van der Waals surface area (Å²) in [6, 6.07) is 9.76. The number of hydrogen-bond donors (Lipinski definition) is 3. The van der Waals surface area contributed by atoms with Gasteiger partial charge in [0.25, 0.3) is 15.9 Å². The largest absolute Gasteiger partial charge is 0.352 e. The Bertz CT molecular complexity index is 820. The lowest BCUT2D eigenvalue weighted by Crippen LogP contribution is -2.26. The Morgan fingerprint density at radius 1 is 1.27 bits per heavy atom. The zero-order valence-electron chi connectivity index (χ0n) is 14.1. The Morgan fingerprint density at radius 2 is 2.12 bits per heavy atom. The van der Waals surface area contributed by atoms with Crippen LogP contribution in [0, 0.1) is 5.92 Å². The Hall–Kier alpha value is -1.61. The molecular formula is C17H22ClN3O3S2. The molecule has 1 aromatic heterocycles. The van der Waals surface area contributed by atoms with Crippen molar-refractivity contribution in [3.05, 3.63) is 47.3 Å². The van der Waals surface area contributed by atoms with E-state index in [1.165, 1.54) is 0 Å². The highest BCUT2D eigenvalue weighted by Crippen LogP contribution is 2.21. The fourth-order valence-corrected chi connectivity index (χ4v) is 4.84. The molecule has 0 spiro atoms. The third kappa shape index (κ3) is 5.44. The van der Waals surface area contributed by atoms with E-state index in [1.807, 2.05) is 0 Å². The van der Waals surface area contributed by atoms with Crippen molar-refractivity contribution in [2.75, 3.05) is 24.4 Å². The first-order valence-corrected chi connectivity index (χ1v) is 10.6. The number of benzene rings is 1. The number of carbonyl (C=O) groups is 1. The molecule has 3 N–H and O–H groups in total. The normalized spacial score (nSPS) is 16.7. The van der Waals surface area contributed by atoms with Gasteiger partial charge in [-0.05, 0) is 61.5 Å². The average Bonchev–Trinajstić information content (AvgIpc) is 3.28. The number of hydrogen-bond acceptors (Lipinski definition) is 5. The van der Waals surface area contributed by atoms with Gasteiger partial charge in [0.2, 0.25) is 0 Å². The predicted molar refractivity (Wildman–Crippen MR) is 107 cm³/mol. The monoisotopic (exact) mass is 415 g/mol. The van der Waals surface area contributed by atoms with Gasteiger partial charge in [-0.15, -0.1) is 23.7 Å². The highest BCUT2D eigenvalue weighted by Gasteiger charge is 2.17.